The van der Waals surface area contributed by atoms with E-state index in [1.807, 2.05) is 0 Å². The van der Waals surface area contributed by atoms with E-state index < -0.39 is 41.6 Å². The predicted molar refractivity (Wildman–Crippen MR) is 49.2 cm³/mol. The molecule has 0 amide bonds. The Balaban J connectivity index is -0.0000000284. The Morgan fingerprint density at radius 2 is 0.478 bits per heavy atom. The van der Waals surface area contributed by atoms with Crippen LogP contribution in [0.1, 0.15) is 0 Å². The quantitative estimate of drug-likeness (QED) is 0.177. The molecule has 0 aromatic carbocycles. The Kier molecular flexibility index (Phi) is 36.7. The van der Waals surface area contributed by atoms with Crippen LogP contribution in [0.3, 0.4) is 0 Å². The Bertz CT molecular complexity index is 477. The maximum Gasteiger partial charge on any atom is 3.00 e. The van der Waals surface area contributed by atoms with Crippen LogP contribution in [0.5, 0.6) is 0 Å². The minimum Gasteiger partial charge on any atom is -0.759 e. The van der Waals surface area contributed by atoms with Crippen LogP contribution in [0.4, 0.5) is 0 Å². The zero-order valence-corrected chi connectivity index (χ0v) is 19.3. The number of rotatable bonds is 0. The molecule has 0 saturated carbocycles. The van der Waals surface area contributed by atoms with Gasteiger partial charge in [-0.2, -0.15) is 8.42 Å². The molecule has 0 rings (SSSR count). The molecule has 0 atom stereocenters. The summed E-state index contributed by atoms with van der Waals surface area (Å²) in [4.78, 5) is 0. The minimum absolute atomic E-state index is 0. The Morgan fingerprint density at radius 1 is 0.478 bits per heavy atom. The van der Waals surface area contributed by atoms with Crippen molar-refractivity contribution in [3.8, 4) is 0 Å². The van der Waals surface area contributed by atoms with Crippen LogP contribution >= 0.6 is 0 Å². The van der Waals surface area contributed by atoms with Gasteiger partial charge in [-0.3, -0.25) is 34.4 Å². The summed E-state index contributed by atoms with van der Waals surface area (Å²) in [5, 5.41) is 0. The van der Waals surface area contributed by atoms with E-state index in [0.717, 1.165) is 0 Å². The molecule has 0 aliphatic carbocycles. The molecule has 0 heterocycles. The van der Waals surface area contributed by atoms with Crippen molar-refractivity contribution in [1.82, 2.24) is 0 Å². The minimum atomic E-state index is -5.17. The molecule has 23 heavy (non-hydrogen) atoms. The van der Waals surface area contributed by atoms with E-state index in [4.69, 9.17) is 70.1 Å². The summed E-state index contributed by atoms with van der Waals surface area (Å²) < 4.78 is 134. The summed E-state index contributed by atoms with van der Waals surface area (Å²) in [6, 6.07) is 0. The van der Waals surface area contributed by atoms with Gasteiger partial charge in [0.05, 0.1) is 0 Å². The van der Waals surface area contributed by atoms with Gasteiger partial charge in [-0.1, -0.05) is 0 Å². The van der Waals surface area contributed by atoms with Crippen molar-refractivity contribution >= 4 is 41.6 Å². The van der Waals surface area contributed by atoms with Crippen molar-refractivity contribution in [3.05, 3.63) is 0 Å². The second-order valence-corrected chi connectivity index (χ2v) is 5.02. The largest absolute Gasteiger partial charge is 3.00 e. The van der Waals surface area contributed by atoms with E-state index >= 15 is 0 Å². The Morgan fingerprint density at radius 3 is 0.478 bits per heavy atom. The molecule has 17 nitrogen and oxygen atoms in total. The van der Waals surface area contributed by atoms with Crippen LogP contribution in [0.2, 0.25) is 0 Å². The van der Waals surface area contributed by atoms with Gasteiger partial charge in [0.2, 0.25) is 0 Å². The molecule has 0 bridgehead atoms. The standard InChI is InChI=1S/2Ce.4H2O4S.H2O/c;;4*1-5(2,3)4;/h;;4*(H2,1,2,3,4);1H2/q2*+3;;;;;/p-6. The second kappa shape index (κ2) is 19.0. The van der Waals surface area contributed by atoms with Gasteiger partial charge in [-0.05, 0) is 0 Å². The smallest absolute Gasteiger partial charge is 0.759 e. The summed E-state index contributed by atoms with van der Waals surface area (Å²) in [5.74, 6) is 0. The van der Waals surface area contributed by atoms with Gasteiger partial charge in [0.15, 0.2) is 0 Å². The summed E-state index contributed by atoms with van der Waals surface area (Å²) in [6.07, 6.45) is 0. The fourth-order valence-corrected chi connectivity index (χ4v) is 0. The fraction of sp³-hybridized carbons (Fsp3) is 0. The molecule has 0 aromatic rings. The number of hydrogen-bond donors (Lipinski definition) is 2. The van der Waals surface area contributed by atoms with Gasteiger partial charge >= 0.3 is 93.9 Å². The molecule has 0 aliphatic heterocycles. The Labute approximate surface area is 197 Å². The van der Waals surface area contributed by atoms with Crippen molar-refractivity contribution in [2.24, 2.45) is 0 Å². The van der Waals surface area contributed by atoms with E-state index in [2.05, 4.69) is 0 Å². The second-order valence-electron chi connectivity index (χ2n) is 1.67. The number of hydrogen-bond acceptors (Lipinski definition) is 14. The van der Waals surface area contributed by atoms with Gasteiger partial charge in [-0.25, -0.2) is 0 Å². The van der Waals surface area contributed by atoms with Crippen LogP contribution in [0.25, 0.3) is 0 Å². The van der Waals surface area contributed by atoms with Crippen molar-refractivity contribution in [2.75, 3.05) is 0 Å². The first-order valence-electron chi connectivity index (χ1n) is 2.70. The Hall–Kier alpha value is 2.19. The molecule has 0 unspecified atom stereocenters. The molecular formula is H4Ce2O17S4. The molecule has 0 spiro atoms. The third kappa shape index (κ3) is 2480. The van der Waals surface area contributed by atoms with Crippen LogP contribution in [0.15, 0.2) is 0 Å². The van der Waals surface area contributed by atoms with E-state index in [9.17, 15) is 0 Å². The molecule has 0 aromatic heterocycles. The average molecular weight is 685 g/mol. The first-order chi connectivity index (χ1) is 8.00. The van der Waals surface area contributed by atoms with E-state index in [1.165, 1.54) is 0 Å². The molecule has 138 valence electrons. The van der Waals surface area contributed by atoms with Crippen molar-refractivity contribution in [3.63, 3.8) is 0 Å². The monoisotopic (exact) mass is 684 g/mol. The maximum atomic E-state index is 8.74. The molecule has 4 N–H and O–H groups in total. The van der Waals surface area contributed by atoms with Gasteiger partial charge in [-0.15, -0.1) is 0 Å². The first-order valence-corrected chi connectivity index (χ1v) is 8.10. The molecule has 0 fully saturated rings. The summed E-state index contributed by atoms with van der Waals surface area (Å²) in [6.45, 7) is 0. The third-order valence-corrected chi connectivity index (χ3v) is 0. The van der Waals surface area contributed by atoms with Gasteiger partial charge < -0.3 is 32.8 Å². The molecular weight excluding hydrogens is 680 g/mol. The average Bonchev–Trinajstić information content (AvgIpc) is 1.62. The molecule has 23 heteroatoms. The van der Waals surface area contributed by atoms with E-state index in [0.29, 0.717) is 0 Å². The maximum absolute atomic E-state index is 8.74. The third-order valence-electron chi connectivity index (χ3n) is 0. The molecule has 2 radical (unpaired) electrons. The zero-order valence-electron chi connectivity index (χ0n) is 9.74. The summed E-state index contributed by atoms with van der Waals surface area (Å²) in [7, 11) is -20.2. The van der Waals surface area contributed by atoms with Gasteiger partial charge in [0.1, 0.15) is 0 Å². The first kappa shape index (κ1) is 44.6. The molecule has 0 aliphatic rings. The van der Waals surface area contributed by atoms with Crippen LogP contribution in [-0.2, 0) is 41.6 Å². The normalized spacial score (nSPS) is 10.1. The van der Waals surface area contributed by atoms with Gasteiger partial charge in [0, 0.05) is 31.2 Å². The zero-order chi connectivity index (χ0) is 18.0. The summed E-state index contributed by atoms with van der Waals surface area (Å²) in [5.41, 5.74) is 0. The topological polar surface area (TPSA) is 347 Å². The van der Waals surface area contributed by atoms with E-state index in [-0.39, 0.29) is 89.0 Å². The van der Waals surface area contributed by atoms with Crippen LogP contribution < -0.4 is 0 Å². The van der Waals surface area contributed by atoms with E-state index in [1.54, 1.807) is 0 Å². The van der Waals surface area contributed by atoms with Crippen molar-refractivity contribution in [2.45, 2.75) is 0 Å². The van der Waals surface area contributed by atoms with Crippen LogP contribution in [-0.4, -0.2) is 75.6 Å². The van der Waals surface area contributed by atoms with Crippen molar-refractivity contribution in [1.29, 1.82) is 0 Å². The van der Waals surface area contributed by atoms with Gasteiger partial charge in [0.25, 0.3) is 0 Å². The molecule has 0 saturated heterocycles. The van der Waals surface area contributed by atoms with Crippen LogP contribution in [0, 0.1) is 83.5 Å². The summed E-state index contributed by atoms with van der Waals surface area (Å²) >= 11 is 0. The predicted octanol–water partition coefficient (Wildman–Crippen LogP) is -5.49. The fourth-order valence-electron chi connectivity index (χ4n) is 0. The SMILES string of the molecule is O.O=S(=O)(O)O.O=S(=O)([O-])[O-].O=S(=O)([O-])[O-].O=S(=O)([O-])[O-].[Ce+3].[Ce+3]. The van der Waals surface area contributed by atoms with Crippen molar-refractivity contribution < 1.29 is 159 Å².